The maximum atomic E-state index is 12.0. The number of rotatable bonds is 8. The second-order valence-corrected chi connectivity index (χ2v) is 5.91. The van der Waals surface area contributed by atoms with Crippen LogP contribution in [0.15, 0.2) is 0 Å². The lowest BCUT2D eigenvalue weighted by atomic mass is 9.60. The molecule has 2 aliphatic rings. The van der Waals surface area contributed by atoms with Gasteiger partial charge in [0.2, 0.25) is 5.91 Å². The lowest BCUT2D eigenvalue weighted by Crippen LogP contribution is -2.64. The molecule has 0 aromatic heterocycles. The summed E-state index contributed by atoms with van der Waals surface area (Å²) >= 11 is 0. The normalized spacial score (nSPS) is 26.2. The fraction of sp³-hybridized carbons (Fsp3) is 0.933. The highest BCUT2D eigenvalue weighted by molar-refractivity contribution is 5.85. The van der Waals surface area contributed by atoms with E-state index in [0.717, 1.165) is 13.0 Å². The van der Waals surface area contributed by atoms with E-state index in [1.165, 1.54) is 25.7 Å². The molecule has 2 rings (SSSR count). The summed E-state index contributed by atoms with van der Waals surface area (Å²) in [4.78, 5) is 12.0. The van der Waals surface area contributed by atoms with Crippen molar-refractivity contribution in [2.75, 3.05) is 33.4 Å². The average Bonchev–Trinajstić information content (AvgIpc) is 2.95. The van der Waals surface area contributed by atoms with E-state index in [9.17, 15) is 4.79 Å². The molecule has 21 heavy (non-hydrogen) atoms. The van der Waals surface area contributed by atoms with Gasteiger partial charge in [0.05, 0.1) is 19.3 Å². The molecule has 2 fully saturated rings. The van der Waals surface area contributed by atoms with Crippen LogP contribution in [-0.2, 0) is 14.3 Å². The van der Waals surface area contributed by atoms with Crippen molar-refractivity contribution in [3.63, 3.8) is 0 Å². The molecular formula is C15H29ClN2O3. The topological polar surface area (TPSA) is 59.6 Å². The number of hydrogen-bond acceptors (Lipinski definition) is 4. The van der Waals surface area contributed by atoms with Crippen LogP contribution in [0.3, 0.4) is 0 Å². The van der Waals surface area contributed by atoms with Gasteiger partial charge in [-0.15, -0.1) is 12.4 Å². The fourth-order valence-electron chi connectivity index (χ4n) is 3.71. The minimum absolute atomic E-state index is 0. The van der Waals surface area contributed by atoms with E-state index in [1.54, 1.807) is 7.11 Å². The Balaban J connectivity index is 0.00000220. The summed E-state index contributed by atoms with van der Waals surface area (Å²) in [5, 5.41) is 6.28. The predicted molar refractivity (Wildman–Crippen MR) is 84.9 cm³/mol. The van der Waals surface area contributed by atoms with E-state index in [2.05, 4.69) is 10.6 Å². The van der Waals surface area contributed by atoms with Crippen molar-refractivity contribution in [1.29, 1.82) is 0 Å². The molecule has 2 atom stereocenters. The molecule has 124 valence electrons. The molecular weight excluding hydrogens is 292 g/mol. The van der Waals surface area contributed by atoms with Gasteiger partial charge in [0.15, 0.2) is 0 Å². The standard InChI is InChI=1S/C15H28N2O3.ClH/c1-3-20-13-10-12(15(13)6-4-5-7-15)17-14(18)11-16-8-9-19-2;/h12-13,16H,3-11H2,1-2H3,(H,17,18);1H. The van der Waals surface area contributed by atoms with Crippen LogP contribution in [0.1, 0.15) is 39.0 Å². The van der Waals surface area contributed by atoms with Gasteiger partial charge in [-0.2, -0.15) is 0 Å². The Morgan fingerprint density at radius 2 is 2.05 bits per heavy atom. The fourth-order valence-corrected chi connectivity index (χ4v) is 3.71. The van der Waals surface area contributed by atoms with Gasteiger partial charge in [0.25, 0.3) is 0 Å². The molecule has 2 unspecified atom stereocenters. The zero-order chi connectivity index (χ0) is 14.4. The minimum Gasteiger partial charge on any atom is -0.383 e. The molecule has 6 heteroatoms. The first-order valence-corrected chi connectivity index (χ1v) is 7.83. The number of nitrogens with one attached hydrogen (secondary N) is 2. The number of hydrogen-bond donors (Lipinski definition) is 2. The molecule has 0 saturated heterocycles. The highest BCUT2D eigenvalue weighted by atomic mass is 35.5. The summed E-state index contributed by atoms with van der Waals surface area (Å²) in [6, 6.07) is 0.304. The van der Waals surface area contributed by atoms with Crippen molar-refractivity contribution < 1.29 is 14.3 Å². The number of halogens is 1. The van der Waals surface area contributed by atoms with Gasteiger partial charge >= 0.3 is 0 Å². The smallest absolute Gasteiger partial charge is 0.234 e. The first-order chi connectivity index (χ1) is 9.73. The van der Waals surface area contributed by atoms with Crippen molar-refractivity contribution in [1.82, 2.24) is 10.6 Å². The number of amides is 1. The molecule has 2 N–H and O–H groups in total. The largest absolute Gasteiger partial charge is 0.383 e. The Morgan fingerprint density at radius 3 is 2.67 bits per heavy atom. The zero-order valence-corrected chi connectivity index (χ0v) is 14.0. The molecule has 0 aromatic rings. The van der Waals surface area contributed by atoms with Crippen molar-refractivity contribution in [3.8, 4) is 0 Å². The number of ether oxygens (including phenoxy) is 2. The lowest BCUT2D eigenvalue weighted by molar-refractivity contribution is -0.143. The van der Waals surface area contributed by atoms with Crippen LogP contribution in [0.2, 0.25) is 0 Å². The molecule has 1 amide bonds. The summed E-state index contributed by atoms with van der Waals surface area (Å²) in [6.07, 6.45) is 6.24. The average molecular weight is 321 g/mol. The molecule has 0 heterocycles. The van der Waals surface area contributed by atoms with Crippen LogP contribution in [0.25, 0.3) is 0 Å². The first-order valence-electron chi connectivity index (χ1n) is 7.83. The van der Waals surface area contributed by atoms with Crippen LogP contribution in [0.5, 0.6) is 0 Å². The number of carbonyl (C=O) groups is 1. The van der Waals surface area contributed by atoms with E-state index < -0.39 is 0 Å². The van der Waals surface area contributed by atoms with E-state index >= 15 is 0 Å². The van der Waals surface area contributed by atoms with Crippen LogP contribution >= 0.6 is 12.4 Å². The summed E-state index contributed by atoms with van der Waals surface area (Å²) in [5.41, 5.74) is 0.220. The van der Waals surface area contributed by atoms with Gasteiger partial charge < -0.3 is 20.1 Å². The highest BCUT2D eigenvalue weighted by Gasteiger charge is 2.57. The second-order valence-electron chi connectivity index (χ2n) is 5.91. The number of carbonyl (C=O) groups excluding carboxylic acids is 1. The molecule has 1 spiro atoms. The van der Waals surface area contributed by atoms with Gasteiger partial charge in [-0.1, -0.05) is 12.8 Å². The minimum atomic E-state index is 0. The molecule has 2 aliphatic carbocycles. The molecule has 2 saturated carbocycles. The molecule has 0 aliphatic heterocycles. The van der Waals surface area contributed by atoms with Crippen molar-refractivity contribution in [3.05, 3.63) is 0 Å². The Morgan fingerprint density at radius 1 is 1.33 bits per heavy atom. The third kappa shape index (κ3) is 4.31. The van der Waals surface area contributed by atoms with Gasteiger partial charge in [0.1, 0.15) is 0 Å². The summed E-state index contributed by atoms with van der Waals surface area (Å²) in [6.45, 7) is 4.53. The van der Waals surface area contributed by atoms with Crippen LogP contribution < -0.4 is 10.6 Å². The van der Waals surface area contributed by atoms with E-state index in [4.69, 9.17) is 9.47 Å². The first kappa shape index (κ1) is 18.7. The van der Waals surface area contributed by atoms with Gasteiger partial charge in [0, 0.05) is 31.7 Å². The highest BCUT2D eigenvalue weighted by Crippen LogP contribution is 2.54. The summed E-state index contributed by atoms with van der Waals surface area (Å²) < 4.78 is 10.8. The van der Waals surface area contributed by atoms with Crippen molar-refractivity contribution in [2.45, 2.75) is 51.2 Å². The zero-order valence-electron chi connectivity index (χ0n) is 13.2. The van der Waals surface area contributed by atoms with Gasteiger partial charge in [-0.25, -0.2) is 0 Å². The van der Waals surface area contributed by atoms with Crippen LogP contribution in [-0.4, -0.2) is 51.5 Å². The third-order valence-corrected chi connectivity index (χ3v) is 4.79. The maximum absolute atomic E-state index is 12.0. The van der Waals surface area contributed by atoms with Gasteiger partial charge in [-0.05, 0) is 26.2 Å². The second kappa shape index (κ2) is 8.93. The predicted octanol–water partition coefficient (Wildman–Crippen LogP) is 1.50. The molecule has 0 aromatic carbocycles. The third-order valence-electron chi connectivity index (χ3n) is 4.79. The monoisotopic (exact) mass is 320 g/mol. The number of methoxy groups -OCH3 is 1. The summed E-state index contributed by atoms with van der Waals surface area (Å²) in [7, 11) is 1.66. The van der Waals surface area contributed by atoms with Gasteiger partial charge in [-0.3, -0.25) is 4.79 Å². The lowest BCUT2D eigenvalue weighted by Gasteiger charge is -2.54. The molecule has 5 nitrogen and oxygen atoms in total. The Labute approximate surface area is 133 Å². The maximum Gasteiger partial charge on any atom is 0.234 e. The Bertz CT molecular complexity index is 322. The Hall–Kier alpha value is -0.360. The van der Waals surface area contributed by atoms with E-state index in [1.807, 2.05) is 6.92 Å². The van der Waals surface area contributed by atoms with Crippen LogP contribution in [0.4, 0.5) is 0 Å². The van der Waals surface area contributed by atoms with Crippen molar-refractivity contribution in [2.24, 2.45) is 5.41 Å². The molecule has 0 radical (unpaired) electrons. The van der Waals surface area contributed by atoms with Crippen molar-refractivity contribution >= 4 is 18.3 Å². The SMILES string of the molecule is CCOC1CC(NC(=O)CNCCOC)C12CCCC2.Cl. The van der Waals surface area contributed by atoms with E-state index in [-0.39, 0.29) is 23.7 Å². The van der Waals surface area contributed by atoms with Crippen LogP contribution in [0, 0.1) is 5.41 Å². The quantitative estimate of drug-likeness (QED) is 0.665. The van der Waals surface area contributed by atoms with E-state index in [0.29, 0.717) is 31.8 Å². The summed E-state index contributed by atoms with van der Waals surface area (Å²) in [5.74, 6) is 0.0901. The Kier molecular flexibility index (Phi) is 7.95. The molecule has 0 bridgehead atoms.